The van der Waals surface area contributed by atoms with Crippen LogP contribution in [0, 0.1) is 0 Å². The van der Waals surface area contributed by atoms with E-state index in [1.807, 2.05) is 18.3 Å². The third-order valence-corrected chi connectivity index (χ3v) is 4.22. The summed E-state index contributed by atoms with van der Waals surface area (Å²) in [5.41, 5.74) is 1.26. The fourth-order valence-corrected chi connectivity index (χ4v) is 2.70. The highest BCUT2D eigenvalue weighted by Gasteiger charge is 2.02. The molecule has 1 aromatic heterocycles. The first kappa shape index (κ1) is 11.6. The second-order valence-electron chi connectivity index (χ2n) is 3.38. The van der Waals surface area contributed by atoms with Crippen molar-refractivity contribution in [3.63, 3.8) is 0 Å². The van der Waals surface area contributed by atoms with E-state index in [1.54, 1.807) is 18.4 Å². The van der Waals surface area contributed by atoms with Gasteiger partial charge in [-0.15, -0.1) is 11.3 Å². The summed E-state index contributed by atoms with van der Waals surface area (Å²) < 4.78 is 5.12. The molecule has 4 heteroatoms. The van der Waals surface area contributed by atoms with Crippen molar-refractivity contribution in [2.45, 2.75) is 11.8 Å². The van der Waals surface area contributed by atoms with Gasteiger partial charge in [0, 0.05) is 22.8 Å². The molecule has 0 amide bonds. The van der Waals surface area contributed by atoms with Gasteiger partial charge in [0.1, 0.15) is 5.75 Å². The molecule has 0 atom stereocenters. The lowest BCUT2D eigenvalue weighted by Gasteiger charge is -2.01. The van der Waals surface area contributed by atoms with E-state index in [1.165, 1.54) is 10.4 Å². The van der Waals surface area contributed by atoms with E-state index in [4.69, 9.17) is 4.74 Å². The smallest absolute Gasteiger partial charge is 0.118 e. The third kappa shape index (κ3) is 2.83. The van der Waals surface area contributed by atoms with Crippen LogP contribution < -0.4 is 4.74 Å². The van der Waals surface area contributed by atoms with Gasteiger partial charge in [-0.25, -0.2) is 4.98 Å². The monoisotopic (exact) mass is 297 g/mol. The summed E-state index contributed by atoms with van der Waals surface area (Å²) in [7, 11) is 1.68. The molecule has 16 heavy (non-hydrogen) atoms. The number of methoxy groups -OCH3 is 1. The molecule has 0 radical (unpaired) electrons. The van der Waals surface area contributed by atoms with Gasteiger partial charge in [-0.05, 0) is 17.7 Å². The number of hydrogen-bond acceptors (Lipinski definition) is 3. The van der Waals surface area contributed by atoms with Crippen LogP contribution in [0.5, 0.6) is 5.75 Å². The number of hydrogen-bond donors (Lipinski definition) is 0. The zero-order chi connectivity index (χ0) is 11.4. The molecule has 2 nitrogen and oxygen atoms in total. The number of benzene rings is 1. The van der Waals surface area contributed by atoms with Gasteiger partial charge in [-0.3, -0.25) is 0 Å². The fourth-order valence-electron chi connectivity index (χ4n) is 1.41. The van der Waals surface area contributed by atoms with E-state index in [0.29, 0.717) is 0 Å². The summed E-state index contributed by atoms with van der Waals surface area (Å²) >= 11 is 5.18. The van der Waals surface area contributed by atoms with Crippen molar-refractivity contribution in [1.29, 1.82) is 0 Å². The SMILES string of the molecule is COc1ccc(Cc2ncc(CBr)s2)cc1. The Labute approximate surface area is 107 Å². The third-order valence-electron chi connectivity index (χ3n) is 2.25. The van der Waals surface area contributed by atoms with Gasteiger partial charge >= 0.3 is 0 Å². The number of thiazole rings is 1. The molecule has 2 aromatic rings. The molecule has 0 aliphatic heterocycles. The van der Waals surface area contributed by atoms with Crippen LogP contribution in [0.2, 0.25) is 0 Å². The van der Waals surface area contributed by atoms with Crippen molar-refractivity contribution in [2.24, 2.45) is 0 Å². The van der Waals surface area contributed by atoms with E-state index in [2.05, 4.69) is 33.0 Å². The van der Waals surface area contributed by atoms with E-state index in [0.717, 1.165) is 22.5 Å². The number of aromatic nitrogens is 1. The molecule has 0 saturated heterocycles. The van der Waals surface area contributed by atoms with E-state index < -0.39 is 0 Å². The Balaban J connectivity index is 2.08. The second kappa shape index (κ2) is 5.46. The highest BCUT2D eigenvalue weighted by Crippen LogP contribution is 2.20. The highest BCUT2D eigenvalue weighted by atomic mass is 79.9. The molecule has 0 spiro atoms. The largest absolute Gasteiger partial charge is 0.497 e. The molecular formula is C12H12BrNOS. The zero-order valence-corrected chi connectivity index (χ0v) is 11.3. The second-order valence-corrected chi connectivity index (χ2v) is 5.14. The molecule has 2 rings (SSSR count). The highest BCUT2D eigenvalue weighted by molar-refractivity contribution is 9.08. The zero-order valence-electron chi connectivity index (χ0n) is 8.94. The Morgan fingerprint density at radius 3 is 2.62 bits per heavy atom. The van der Waals surface area contributed by atoms with E-state index in [9.17, 15) is 0 Å². The van der Waals surface area contributed by atoms with Crippen molar-refractivity contribution in [2.75, 3.05) is 7.11 Å². The van der Waals surface area contributed by atoms with Crippen molar-refractivity contribution < 1.29 is 4.74 Å². The molecule has 0 aliphatic rings. The van der Waals surface area contributed by atoms with Crippen LogP contribution >= 0.6 is 27.3 Å². The minimum atomic E-state index is 0.882. The molecule has 0 fully saturated rings. The average Bonchev–Trinajstić information content (AvgIpc) is 2.78. The predicted molar refractivity (Wildman–Crippen MR) is 70.5 cm³/mol. The topological polar surface area (TPSA) is 22.1 Å². The Morgan fingerprint density at radius 1 is 1.31 bits per heavy atom. The van der Waals surface area contributed by atoms with Crippen LogP contribution in [0.3, 0.4) is 0 Å². The average molecular weight is 298 g/mol. The summed E-state index contributed by atoms with van der Waals surface area (Å²) in [6, 6.07) is 8.12. The lowest BCUT2D eigenvalue weighted by molar-refractivity contribution is 0.414. The minimum Gasteiger partial charge on any atom is -0.497 e. The molecule has 0 unspecified atom stereocenters. The molecule has 0 aliphatic carbocycles. The summed E-state index contributed by atoms with van der Waals surface area (Å²) in [4.78, 5) is 5.65. The Bertz CT molecular complexity index is 452. The summed E-state index contributed by atoms with van der Waals surface area (Å²) in [6.07, 6.45) is 2.82. The van der Waals surface area contributed by atoms with E-state index in [-0.39, 0.29) is 0 Å². The van der Waals surface area contributed by atoms with Crippen LogP contribution in [0.25, 0.3) is 0 Å². The van der Waals surface area contributed by atoms with Crippen LogP contribution in [0.1, 0.15) is 15.4 Å². The Morgan fingerprint density at radius 2 is 2.06 bits per heavy atom. The van der Waals surface area contributed by atoms with Gasteiger partial charge in [0.2, 0.25) is 0 Å². The number of ether oxygens (including phenoxy) is 1. The van der Waals surface area contributed by atoms with Gasteiger partial charge in [0.15, 0.2) is 0 Å². The maximum Gasteiger partial charge on any atom is 0.118 e. The van der Waals surface area contributed by atoms with Crippen LogP contribution in [-0.4, -0.2) is 12.1 Å². The van der Waals surface area contributed by atoms with Gasteiger partial charge in [-0.2, -0.15) is 0 Å². The fraction of sp³-hybridized carbons (Fsp3) is 0.250. The van der Waals surface area contributed by atoms with Crippen molar-refractivity contribution >= 4 is 27.3 Å². The maximum atomic E-state index is 5.12. The standard InChI is InChI=1S/C12H12BrNOS/c1-15-10-4-2-9(3-5-10)6-12-14-8-11(7-13)16-12/h2-5,8H,6-7H2,1H3. The minimum absolute atomic E-state index is 0.882. The van der Waals surface area contributed by atoms with Crippen molar-refractivity contribution in [3.05, 3.63) is 45.9 Å². The first-order valence-corrected chi connectivity index (χ1v) is 6.88. The molecule has 1 aromatic carbocycles. The lowest BCUT2D eigenvalue weighted by Crippen LogP contribution is -1.87. The summed E-state index contributed by atoms with van der Waals surface area (Å²) in [6.45, 7) is 0. The van der Waals surface area contributed by atoms with Crippen molar-refractivity contribution in [1.82, 2.24) is 4.98 Å². The number of nitrogens with zero attached hydrogens (tertiary/aromatic N) is 1. The summed E-state index contributed by atoms with van der Waals surface area (Å²) in [5, 5.41) is 2.03. The first-order valence-electron chi connectivity index (χ1n) is 4.94. The van der Waals surface area contributed by atoms with Crippen LogP contribution in [0.4, 0.5) is 0 Å². The lowest BCUT2D eigenvalue weighted by atomic mass is 10.1. The normalized spacial score (nSPS) is 10.4. The molecule has 84 valence electrons. The Kier molecular flexibility index (Phi) is 3.96. The van der Waals surface area contributed by atoms with Crippen LogP contribution in [0.15, 0.2) is 30.5 Å². The van der Waals surface area contributed by atoms with Crippen molar-refractivity contribution in [3.8, 4) is 5.75 Å². The molecule has 0 bridgehead atoms. The van der Waals surface area contributed by atoms with Gasteiger partial charge < -0.3 is 4.74 Å². The number of rotatable bonds is 4. The Hall–Kier alpha value is -0.870. The van der Waals surface area contributed by atoms with Gasteiger partial charge in [-0.1, -0.05) is 28.1 Å². The molecular weight excluding hydrogens is 286 g/mol. The first-order chi connectivity index (χ1) is 7.81. The maximum absolute atomic E-state index is 5.12. The quantitative estimate of drug-likeness (QED) is 0.804. The summed E-state index contributed by atoms with van der Waals surface area (Å²) in [5.74, 6) is 0.893. The van der Waals surface area contributed by atoms with Gasteiger partial charge in [0.05, 0.1) is 12.1 Å². The number of alkyl halides is 1. The number of halogens is 1. The molecule has 1 heterocycles. The van der Waals surface area contributed by atoms with Crippen LogP contribution in [-0.2, 0) is 11.8 Å². The predicted octanol–water partition coefficient (Wildman–Crippen LogP) is 3.64. The molecule has 0 saturated carbocycles. The molecule has 0 N–H and O–H groups in total. The van der Waals surface area contributed by atoms with E-state index >= 15 is 0 Å². The van der Waals surface area contributed by atoms with Gasteiger partial charge in [0.25, 0.3) is 0 Å².